The summed E-state index contributed by atoms with van der Waals surface area (Å²) in [5.74, 6) is 0.556. The summed E-state index contributed by atoms with van der Waals surface area (Å²) in [7, 11) is 0. The number of carboxylic acids is 1. The lowest BCUT2D eigenvalue weighted by Crippen LogP contribution is -2.45. The van der Waals surface area contributed by atoms with Gasteiger partial charge in [-0.15, -0.1) is 0 Å². The minimum atomic E-state index is -1.06. The van der Waals surface area contributed by atoms with E-state index in [1.54, 1.807) is 18.2 Å². The highest BCUT2D eigenvalue weighted by Crippen LogP contribution is 2.23. The summed E-state index contributed by atoms with van der Waals surface area (Å²) in [5, 5.41) is 12.9. The number of nitrogens with one attached hydrogen (secondary N) is 1. The van der Waals surface area contributed by atoms with Gasteiger partial charge in [0.1, 0.15) is 6.04 Å². The predicted molar refractivity (Wildman–Crippen MR) is 89.8 cm³/mol. The van der Waals surface area contributed by atoms with E-state index in [0.29, 0.717) is 15.6 Å². The Morgan fingerprint density at radius 3 is 2.36 bits per heavy atom. The molecule has 7 heteroatoms. The molecule has 2 rings (SSSR count). The lowest BCUT2D eigenvalue weighted by molar-refractivity contribution is -0.142. The molecule has 1 aliphatic rings. The average molecular weight is 362 g/mol. The highest BCUT2D eigenvalue weighted by molar-refractivity contribution is 7.99. The molecule has 0 aromatic heterocycles. The molecule has 1 amide bonds. The predicted octanol–water partition coefficient (Wildman–Crippen LogP) is 3.25. The largest absolute Gasteiger partial charge is 0.480 e. The van der Waals surface area contributed by atoms with Gasteiger partial charge in [-0.05, 0) is 48.1 Å². The van der Waals surface area contributed by atoms with E-state index in [0.717, 1.165) is 24.3 Å². The molecule has 0 spiro atoms. The zero-order chi connectivity index (χ0) is 16.1. The molecule has 0 bridgehead atoms. The number of hydrogen-bond donors (Lipinski definition) is 2. The molecule has 4 nitrogen and oxygen atoms in total. The van der Waals surface area contributed by atoms with Crippen LogP contribution in [0.4, 0.5) is 0 Å². The number of amides is 1. The minimum absolute atomic E-state index is 0.0916. The van der Waals surface area contributed by atoms with Crippen molar-refractivity contribution in [2.75, 3.05) is 11.5 Å². The molecule has 2 N–H and O–H groups in total. The van der Waals surface area contributed by atoms with Crippen LogP contribution in [0, 0.1) is 5.92 Å². The molecule has 0 radical (unpaired) electrons. The first-order chi connectivity index (χ1) is 10.5. The first kappa shape index (κ1) is 17.4. The van der Waals surface area contributed by atoms with Crippen LogP contribution in [0.3, 0.4) is 0 Å². The van der Waals surface area contributed by atoms with Crippen molar-refractivity contribution in [3.8, 4) is 0 Å². The van der Waals surface area contributed by atoms with E-state index in [2.05, 4.69) is 5.32 Å². The Bertz CT molecular complexity index is 541. The smallest absolute Gasteiger partial charge is 0.326 e. The fraction of sp³-hybridized carbons (Fsp3) is 0.467. The lowest BCUT2D eigenvalue weighted by atomic mass is 10.00. The minimum Gasteiger partial charge on any atom is -0.480 e. The SMILES string of the molecule is O=C(NC(Cc1cc(Cl)cc(Cl)c1)C(=O)O)C1CCSCC1. The summed E-state index contributed by atoms with van der Waals surface area (Å²) >= 11 is 13.7. The molecular formula is C15H17Cl2NO3S. The summed E-state index contributed by atoms with van der Waals surface area (Å²) in [5.41, 5.74) is 0.685. The normalized spacial score (nSPS) is 17.0. The Morgan fingerprint density at radius 2 is 1.82 bits per heavy atom. The van der Waals surface area contributed by atoms with Gasteiger partial charge in [0.05, 0.1) is 0 Å². The molecule has 1 heterocycles. The van der Waals surface area contributed by atoms with Gasteiger partial charge in [-0.25, -0.2) is 4.79 Å². The molecule has 1 aromatic carbocycles. The third-order valence-corrected chi connectivity index (χ3v) is 5.05. The zero-order valence-corrected chi connectivity index (χ0v) is 14.2. The van der Waals surface area contributed by atoms with Crippen molar-refractivity contribution in [1.29, 1.82) is 0 Å². The van der Waals surface area contributed by atoms with Crippen LogP contribution in [0.5, 0.6) is 0 Å². The maximum atomic E-state index is 12.2. The van der Waals surface area contributed by atoms with Crippen molar-refractivity contribution in [3.63, 3.8) is 0 Å². The van der Waals surface area contributed by atoms with Crippen LogP contribution < -0.4 is 5.32 Å². The maximum Gasteiger partial charge on any atom is 0.326 e. The molecule has 22 heavy (non-hydrogen) atoms. The van der Waals surface area contributed by atoms with Crippen LogP contribution in [-0.2, 0) is 16.0 Å². The second kappa shape index (κ2) is 8.09. The van der Waals surface area contributed by atoms with Crippen molar-refractivity contribution in [2.45, 2.75) is 25.3 Å². The second-order valence-corrected chi connectivity index (χ2v) is 7.37. The molecule has 1 saturated heterocycles. The Labute approximate surface area is 143 Å². The number of rotatable bonds is 5. The van der Waals surface area contributed by atoms with E-state index in [4.69, 9.17) is 23.2 Å². The zero-order valence-electron chi connectivity index (χ0n) is 11.9. The van der Waals surface area contributed by atoms with Gasteiger partial charge < -0.3 is 10.4 Å². The number of carbonyl (C=O) groups excluding carboxylic acids is 1. The van der Waals surface area contributed by atoms with Gasteiger partial charge in [-0.3, -0.25) is 4.79 Å². The lowest BCUT2D eigenvalue weighted by Gasteiger charge is -2.23. The van der Waals surface area contributed by atoms with Crippen LogP contribution in [0.1, 0.15) is 18.4 Å². The Kier molecular flexibility index (Phi) is 6.41. The van der Waals surface area contributed by atoms with E-state index >= 15 is 0 Å². The molecule has 0 aliphatic carbocycles. The fourth-order valence-corrected chi connectivity index (χ4v) is 4.09. The third kappa shape index (κ3) is 5.07. The van der Waals surface area contributed by atoms with E-state index in [1.165, 1.54) is 0 Å². The van der Waals surface area contributed by atoms with Crippen LogP contribution in [-0.4, -0.2) is 34.5 Å². The second-order valence-electron chi connectivity index (χ2n) is 5.27. The molecule has 120 valence electrons. The number of thioether (sulfide) groups is 1. The first-order valence-electron chi connectivity index (χ1n) is 7.01. The number of aliphatic carboxylic acids is 1. The highest BCUT2D eigenvalue weighted by Gasteiger charge is 2.26. The van der Waals surface area contributed by atoms with Crippen LogP contribution in [0.15, 0.2) is 18.2 Å². The van der Waals surface area contributed by atoms with E-state index in [1.807, 2.05) is 11.8 Å². The van der Waals surface area contributed by atoms with Crippen molar-refractivity contribution in [1.82, 2.24) is 5.32 Å². The van der Waals surface area contributed by atoms with Gasteiger partial charge in [-0.1, -0.05) is 23.2 Å². The van der Waals surface area contributed by atoms with Crippen molar-refractivity contribution in [3.05, 3.63) is 33.8 Å². The van der Waals surface area contributed by atoms with Crippen LogP contribution in [0.25, 0.3) is 0 Å². The van der Waals surface area contributed by atoms with Crippen LogP contribution >= 0.6 is 35.0 Å². The van der Waals surface area contributed by atoms with Crippen LogP contribution in [0.2, 0.25) is 10.0 Å². The van der Waals surface area contributed by atoms with Gasteiger partial charge in [0.15, 0.2) is 0 Å². The quantitative estimate of drug-likeness (QED) is 0.844. The summed E-state index contributed by atoms with van der Waals surface area (Å²) in [6.07, 6.45) is 1.75. The molecule has 1 aromatic rings. The Hall–Kier alpha value is -0.910. The average Bonchev–Trinajstić information content (AvgIpc) is 2.46. The Balaban J connectivity index is 2.03. The summed E-state index contributed by atoms with van der Waals surface area (Å²) in [6, 6.07) is 3.93. The summed E-state index contributed by atoms with van der Waals surface area (Å²) in [4.78, 5) is 23.6. The van der Waals surface area contributed by atoms with Gasteiger partial charge >= 0.3 is 5.97 Å². The molecule has 0 saturated carbocycles. The molecule has 1 aliphatic heterocycles. The highest BCUT2D eigenvalue weighted by atomic mass is 35.5. The molecule has 1 atom stereocenters. The first-order valence-corrected chi connectivity index (χ1v) is 8.92. The van der Waals surface area contributed by atoms with E-state index in [-0.39, 0.29) is 18.2 Å². The fourth-order valence-electron chi connectivity index (χ4n) is 2.41. The number of halogens is 2. The Morgan fingerprint density at radius 1 is 1.23 bits per heavy atom. The molecule has 1 unspecified atom stereocenters. The van der Waals surface area contributed by atoms with E-state index in [9.17, 15) is 14.7 Å². The topological polar surface area (TPSA) is 66.4 Å². The van der Waals surface area contributed by atoms with Crippen molar-refractivity contribution < 1.29 is 14.7 Å². The van der Waals surface area contributed by atoms with Gasteiger partial charge in [0.2, 0.25) is 5.91 Å². The van der Waals surface area contributed by atoms with Gasteiger partial charge in [-0.2, -0.15) is 11.8 Å². The summed E-state index contributed by atoms with van der Waals surface area (Å²) in [6.45, 7) is 0. The standard InChI is InChI=1S/C15H17Cl2NO3S/c16-11-5-9(6-12(17)8-11)7-13(15(20)21)18-14(19)10-1-3-22-4-2-10/h5-6,8,10,13H,1-4,7H2,(H,18,19)(H,20,21). The molecular weight excluding hydrogens is 345 g/mol. The summed E-state index contributed by atoms with van der Waals surface area (Å²) < 4.78 is 0. The number of hydrogen-bond acceptors (Lipinski definition) is 3. The van der Waals surface area contributed by atoms with Gasteiger partial charge in [0, 0.05) is 22.4 Å². The van der Waals surface area contributed by atoms with E-state index < -0.39 is 12.0 Å². The van der Waals surface area contributed by atoms with Crippen molar-refractivity contribution >= 4 is 46.8 Å². The maximum absolute atomic E-state index is 12.2. The third-order valence-electron chi connectivity index (χ3n) is 3.57. The van der Waals surface area contributed by atoms with Crippen molar-refractivity contribution in [2.24, 2.45) is 5.92 Å². The monoisotopic (exact) mass is 361 g/mol. The number of benzene rings is 1. The molecule has 1 fully saturated rings. The van der Waals surface area contributed by atoms with Gasteiger partial charge in [0.25, 0.3) is 0 Å². The number of carbonyl (C=O) groups is 2. The number of carboxylic acid groups (broad SMARTS) is 1.